The van der Waals surface area contributed by atoms with Crippen LogP contribution in [0.25, 0.3) is 0 Å². The van der Waals surface area contributed by atoms with E-state index in [1.807, 2.05) is 13.1 Å². The van der Waals surface area contributed by atoms with Crippen molar-refractivity contribution >= 4 is 17.3 Å². The maximum absolute atomic E-state index is 13.9. The SMILES string of the molecule is CN1CCOC(CNc2cc(Nc3cnc(C#N)cn3)nnc2C(C)(F)F)C1. The first-order valence-corrected chi connectivity index (χ1v) is 8.64. The van der Waals surface area contributed by atoms with Gasteiger partial charge in [-0.3, -0.25) is 0 Å². The van der Waals surface area contributed by atoms with Crippen molar-refractivity contribution in [2.75, 3.05) is 43.9 Å². The number of likely N-dealkylation sites (N-methyl/N-ethyl adjacent to an activating group) is 1. The Hall–Kier alpha value is -2.97. The van der Waals surface area contributed by atoms with E-state index in [9.17, 15) is 8.78 Å². The number of morpholine rings is 1. The Morgan fingerprint density at radius 1 is 1.32 bits per heavy atom. The number of aromatic nitrogens is 4. The Balaban J connectivity index is 1.77. The fourth-order valence-electron chi connectivity index (χ4n) is 2.71. The summed E-state index contributed by atoms with van der Waals surface area (Å²) in [7, 11) is 1.98. The predicted molar refractivity (Wildman–Crippen MR) is 97.4 cm³/mol. The number of ether oxygens (including phenoxy) is 1. The summed E-state index contributed by atoms with van der Waals surface area (Å²) in [6.45, 7) is 3.26. The minimum Gasteiger partial charge on any atom is -0.381 e. The summed E-state index contributed by atoms with van der Waals surface area (Å²) < 4.78 is 33.5. The standard InChI is InChI=1S/C17H20F2N8O/c1-17(18,19)16-13(22-8-12-10-27(2)3-4-28-12)5-14(25-26-16)24-15-9-21-11(6-20)7-23-15/h5,7,9,12H,3-4,8,10H2,1-2H3,(H2,22,23,24,25). The van der Waals surface area contributed by atoms with Crippen molar-refractivity contribution in [2.24, 2.45) is 0 Å². The average Bonchev–Trinajstić information content (AvgIpc) is 2.66. The third-order valence-electron chi connectivity index (χ3n) is 4.09. The average molecular weight is 390 g/mol. The van der Waals surface area contributed by atoms with Crippen molar-refractivity contribution < 1.29 is 13.5 Å². The molecule has 2 aromatic heterocycles. The van der Waals surface area contributed by atoms with Crippen LogP contribution in [0, 0.1) is 11.3 Å². The zero-order valence-corrected chi connectivity index (χ0v) is 15.5. The van der Waals surface area contributed by atoms with Crippen LogP contribution >= 0.6 is 0 Å². The summed E-state index contributed by atoms with van der Waals surface area (Å²) in [5.41, 5.74) is -0.131. The van der Waals surface area contributed by atoms with Gasteiger partial charge in [0.05, 0.1) is 30.8 Å². The van der Waals surface area contributed by atoms with Crippen molar-refractivity contribution in [3.63, 3.8) is 0 Å². The number of hydrogen-bond donors (Lipinski definition) is 2. The molecule has 3 heterocycles. The second-order valence-electron chi connectivity index (χ2n) is 6.54. The van der Waals surface area contributed by atoms with Crippen LogP contribution in [0.5, 0.6) is 0 Å². The number of alkyl halides is 2. The third kappa shape index (κ3) is 5.05. The fraction of sp³-hybridized carbons (Fsp3) is 0.471. The van der Waals surface area contributed by atoms with E-state index in [0.717, 1.165) is 13.5 Å². The quantitative estimate of drug-likeness (QED) is 0.761. The largest absolute Gasteiger partial charge is 0.381 e. The van der Waals surface area contributed by atoms with E-state index in [1.165, 1.54) is 18.5 Å². The summed E-state index contributed by atoms with van der Waals surface area (Å²) in [5.74, 6) is -2.63. The van der Waals surface area contributed by atoms with Crippen molar-refractivity contribution in [3.8, 4) is 6.07 Å². The molecule has 0 bridgehead atoms. The lowest BCUT2D eigenvalue weighted by Gasteiger charge is -2.30. The molecule has 1 saturated heterocycles. The molecule has 3 rings (SSSR count). The van der Waals surface area contributed by atoms with Crippen molar-refractivity contribution in [3.05, 3.63) is 29.8 Å². The molecule has 1 atom stereocenters. The maximum atomic E-state index is 13.9. The molecule has 2 N–H and O–H groups in total. The minimum atomic E-state index is -3.16. The van der Waals surface area contributed by atoms with E-state index in [-0.39, 0.29) is 23.3 Å². The van der Waals surface area contributed by atoms with E-state index in [4.69, 9.17) is 10.00 Å². The number of halogens is 2. The molecular formula is C17H20F2N8O. The minimum absolute atomic E-state index is 0.119. The molecule has 28 heavy (non-hydrogen) atoms. The highest BCUT2D eigenvalue weighted by Gasteiger charge is 2.31. The lowest BCUT2D eigenvalue weighted by atomic mass is 10.2. The van der Waals surface area contributed by atoms with Crippen molar-refractivity contribution in [1.29, 1.82) is 5.26 Å². The first-order chi connectivity index (χ1) is 13.3. The number of rotatable bonds is 6. The Morgan fingerprint density at radius 3 is 2.79 bits per heavy atom. The highest BCUT2D eigenvalue weighted by atomic mass is 19.3. The number of nitrogens with one attached hydrogen (secondary N) is 2. The van der Waals surface area contributed by atoms with E-state index in [0.29, 0.717) is 25.5 Å². The zero-order chi connectivity index (χ0) is 20.1. The molecule has 0 aromatic carbocycles. The van der Waals surface area contributed by atoms with Crippen LogP contribution in [0.3, 0.4) is 0 Å². The van der Waals surface area contributed by atoms with Crippen LogP contribution in [0.2, 0.25) is 0 Å². The monoisotopic (exact) mass is 390 g/mol. The van der Waals surface area contributed by atoms with Crippen LogP contribution in [0.1, 0.15) is 18.3 Å². The van der Waals surface area contributed by atoms with Crippen LogP contribution < -0.4 is 10.6 Å². The molecule has 1 aliphatic rings. The van der Waals surface area contributed by atoms with Crippen LogP contribution in [0.15, 0.2) is 18.5 Å². The molecule has 0 radical (unpaired) electrons. The molecule has 11 heteroatoms. The number of nitrogens with zero attached hydrogens (tertiary/aromatic N) is 6. The van der Waals surface area contributed by atoms with Gasteiger partial charge >= 0.3 is 0 Å². The molecule has 1 aliphatic heterocycles. The van der Waals surface area contributed by atoms with Gasteiger partial charge in [-0.2, -0.15) is 14.0 Å². The smallest absolute Gasteiger partial charge is 0.290 e. The third-order valence-corrected chi connectivity index (χ3v) is 4.09. The Bertz CT molecular complexity index is 850. The lowest BCUT2D eigenvalue weighted by Crippen LogP contribution is -2.43. The second-order valence-corrected chi connectivity index (χ2v) is 6.54. The van der Waals surface area contributed by atoms with Gasteiger partial charge < -0.3 is 20.3 Å². The van der Waals surface area contributed by atoms with E-state index in [2.05, 4.69) is 35.7 Å². The van der Waals surface area contributed by atoms with Gasteiger partial charge in [-0.1, -0.05) is 0 Å². The topological polar surface area (TPSA) is 112 Å². The van der Waals surface area contributed by atoms with Gasteiger partial charge in [0.15, 0.2) is 17.2 Å². The van der Waals surface area contributed by atoms with Gasteiger partial charge in [0.2, 0.25) is 0 Å². The van der Waals surface area contributed by atoms with Crippen LogP contribution in [-0.4, -0.2) is 64.5 Å². The van der Waals surface area contributed by atoms with Gasteiger partial charge in [-0.15, -0.1) is 10.2 Å². The summed E-state index contributed by atoms with van der Waals surface area (Å²) in [6, 6.07) is 3.30. The molecule has 0 aliphatic carbocycles. The fourth-order valence-corrected chi connectivity index (χ4v) is 2.71. The number of hydrogen-bond acceptors (Lipinski definition) is 9. The molecule has 0 spiro atoms. The first kappa shape index (κ1) is 19.8. The molecule has 148 valence electrons. The highest BCUT2D eigenvalue weighted by Crippen LogP contribution is 2.32. The van der Waals surface area contributed by atoms with Crippen molar-refractivity contribution in [2.45, 2.75) is 19.0 Å². The van der Waals surface area contributed by atoms with Crippen LogP contribution in [-0.2, 0) is 10.7 Å². The van der Waals surface area contributed by atoms with Gasteiger partial charge in [-0.25, -0.2) is 9.97 Å². The molecule has 2 aromatic rings. The van der Waals surface area contributed by atoms with Crippen molar-refractivity contribution in [1.82, 2.24) is 25.1 Å². The molecule has 1 unspecified atom stereocenters. The van der Waals surface area contributed by atoms with Gasteiger partial charge in [0.25, 0.3) is 5.92 Å². The van der Waals surface area contributed by atoms with Gasteiger partial charge in [-0.05, 0) is 7.05 Å². The predicted octanol–water partition coefficient (Wildman–Crippen LogP) is 1.74. The molecule has 9 nitrogen and oxygen atoms in total. The van der Waals surface area contributed by atoms with E-state index < -0.39 is 11.6 Å². The van der Waals surface area contributed by atoms with E-state index >= 15 is 0 Å². The maximum Gasteiger partial charge on any atom is 0.290 e. The molecular weight excluding hydrogens is 370 g/mol. The summed E-state index contributed by atoms with van der Waals surface area (Å²) in [6.07, 6.45) is 2.52. The van der Waals surface area contributed by atoms with Gasteiger partial charge in [0.1, 0.15) is 11.9 Å². The summed E-state index contributed by atoms with van der Waals surface area (Å²) >= 11 is 0. The number of nitriles is 1. The Labute approximate surface area is 160 Å². The second kappa shape index (κ2) is 8.37. The summed E-state index contributed by atoms with van der Waals surface area (Å²) in [5, 5.41) is 22.1. The molecule has 0 saturated carbocycles. The van der Waals surface area contributed by atoms with Crippen LogP contribution in [0.4, 0.5) is 26.1 Å². The first-order valence-electron chi connectivity index (χ1n) is 8.64. The lowest BCUT2D eigenvalue weighted by molar-refractivity contribution is -0.0120. The Kier molecular flexibility index (Phi) is 5.91. The number of anilines is 3. The van der Waals surface area contributed by atoms with E-state index in [1.54, 1.807) is 0 Å². The Morgan fingerprint density at radius 2 is 2.14 bits per heavy atom. The summed E-state index contributed by atoms with van der Waals surface area (Å²) in [4.78, 5) is 10.0. The van der Waals surface area contributed by atoms with Gasteiger partial charge in [0, 0.05) is 32.6 Å². The zero-order valence-electron chi connectivity index (χ0n) is 15.5. The molecule has 0 amide bonds. The highest BCUT2D eigenvalue weighted by molar-refractivity contribution is 5.60. The normalized spacial score (nSPS) is 17.8. The molecule has 1 fully saturated rings.